The molecule has 1 fully saturated rings. The maximum absolute atomic E-state index is 9.16. The molecule has 1 aromatic carbocycles. The van der Waals surface area contributed by atoms with Crippen LogP contribution >= 0.6 is 31.9 Å². The summed E-state index contributed by atoms with van der Waals surface area (Å²) in [5, 5.41) is 10.4. The highest BCUT2D eigenvalue weighted by Gasteiger charge is 2.24. The molecule has 4 rings (SSSR count). The van der Waals surface area contributed by atoms with Gasteiger partial charge in [0.1, 0.15) is 5.65 Å². The van der Waals surface area contributed by atoms with E-state index < -0.39 is 0 Å². The molecule has 172 valence electrons. The first-order valence-electron chi connectivity index (χ1n) is 11.6. The number of pyridine rings is 1. The van der Waals surface area contributed by atoms with E-state index in [0.717, 1.165) is 57.8 Å². The van der Waals surface area contributed by atoms with Crippen LogP contribution in [-0.4, -0.2) is 34.4 Å². The molecule has 1 aliphatic rings. The summed E-state index contributed by atoms with van der Waals surface area (Å²) in [7, 11) is 0. The van der Waals surface area contributed by atoms with E-state index in [1.54, 1.807) is 0 Å². The van der Waals surface area contributed by atoms with Crippen molar-refractivity contribution in [2.75, 3.05) is 24.6 Å². The molecule has 4 nitrogen and oxygen atoms in total. The van der Waals surface area contributed by atoms with Crippen LogP contribution in [0.5, 0.6) is 0 Å². The van der Waals surface area contributed by atoms with E-state index in [0.29, 0.717) is 12.5 Å². The Kier molecular flexibility index (Phi) is 7.33. The number of hydrogen-bond acceptors (Lipinski definition) is 3. The lowest BCUT2D eigenvalue weighted by molar-refractivity contribution is 0.261. The second kappa shape index (κ2) is 9.86. The maximum Gasteiger partial charge on any atom is 0.147 e. The minimum Gasteiger partial charge on any atom is -0.396 e. The second-order valence-electron chi connectivity index (χ2n) is 9.45. The van der Waals surface area contributed by atoms with Crippen LogP contribution in [0.25, 0.3) is 16.7 Å². The van der Waals surface area contributed by atoms with Crippen molar-refractivity contribution < 1.29 is 5.11 Å². The first-order valence-corrected chi connectivity index (χ1v) is 13.2. The topological polar surface area (TPSA) is 41.3 Å². The molecule has 0 atom stereocenters. The van der Waals surface area contributed by atoms with Crippen LogP contribution in [0.1, 0.15) is 62.3 Å². The lowest BCUT2D eigenvalue weighted by Gasteiger charge is -2.34. The van der Waals surface area contributed by atoms with E-state index in [2.05, 4.69) is 93.4 Å². The minimum atomic E-state index is 0.306. The summed E-state index contributed by atoms with van der Waals surface area (Å²) in [5.74, 6) is 1.20. The molecule has 1 N–H and O–H groups in total. The van der Waals surface area contributed by atoms with Crippen LogP contribution in [-0.2, 0) is 0 Å². The fraction of sp³-hybridized carbons (Fsp3) is 0.500. The van der Waals surface area contributed by atoms with Gasteiger partial charge in [-0.15, -0.1) is 0 Å². The Labute approximate surface area is 208 Å². The van der Waals surface area contributed by atoms with Crippen molar-refractivity contribution in [1.29, 1.82) is 0 Å². The van der Waals surface area contributed by atoms with Crippen LogP contribution in [0, 0.1) is 19.8 Å². The zero-order valence-electron chi connectivity index (χ0n) is 19.5. The van der Waals surface area contributed by atoms with Crippen LogP contribution in [0.2, 0.25) is 0 Å². The summed E-state index contributed by atoms with van der Waals surface area (Å²) in [6, 6.07) is 6.69. The smallest absolute Gasteiger partial charge is 0.147 e. The average molecular weight is 563 g/mol. The number of halogens is 2. The van der Waals surface area contributed by atoms with Gasteiger partial charge in [-0.25, -0.2) is 4.98 Å². The Balaban J connectivity index is 1.76. The van der Waals surface area contributed by atoms with Gasteiger partial charge in [-0.3, -0.25) is 4.57 Å². The molecule has 0 aliphatic carbocycles. The summed E-state index contributed by atoms with van der Waals surface area (Å²) in [6.07, 6.45) is 6.66. The molecule has 3 aromatic rings. The molecule has 0 amide bonds. The Hall–Kier alpha value is -1.37. The summed E-state index contributed by atoms with van der Waals surface area (Å²) < 4.78 is 4.37. The van der Waals surface area contributed by atoms with Crippen molar-refractivity contribution in [3.05, 3.63) is 50.2 Å². The van der Waals surface area contributed by atoms with Gasteiger partial charge in [0, 0.05) is 51.6 Å². The molecule has 1 saturated heterocycles. The van der Waals surface area contributed by atoms with Crippen LogP contribution in [0.15, 0.2) is 33.3 Å². The Morgan fingerprint density at radius 1 is 1.09 bits per heavy atom. The zero-order chi connectivity index (χ0) is 23.0. The molecular formula is C26H33Br2N3O. The molecule has 0 radical (unpaired) electrons. The third-order valence-corrected chi connectivity index (χ3v) is 7.93. The number of rotatable bonds is 6. The van der Waals surface area contributed by atoms with Gasteiger partial charge < -0.3 is 10.0 Å². The summed E-state index contributed by atoms with van der Waals surface area (Å²) >= 11 is 7.66. The fourth-order valence-corrected chi connectivity index (χ4v) is 6.53. The van der Waals surface area contributed by atoms with E-state index in [1.807, 2.05) is 0 Å². The Morgan fingerprint density at radius 3 is 2.34 bits per heavy atom. The molecule has 0 saturated carbocycles. The van der Waals surface area contributed by atoms with Gasteiger partial charge in [0.25, 0.3) is 0 Å². The van der Waals surface area contributed by atoms with Crippen molar-refractivity contribution in [3.63, 3.8) is 0 Å². The summed E-state index contributed by atoms with van der Waals surface area (Å²) in [6.45, 7) is 11.2. The molecular weight excluding hydrogens is 530 g/mol. The largest absolute Gasteiger partial charge is 0.396 e. The SMILES string of the molecule is Cc1cc(N2CCC(CCCO)CC2)c2c(C)cn(-c3c(Br)cc(C(C)C)cc3Br)c2n1. The van der Waals surface area contributed by atoms with Gasteiger partial charge in [-0.1, -0.05) is 13.8 Å². The maximum atomic E-state index is 9.16. The van der Waals surface area contributed by atoms with E-state index in [1.165, 1.54) is 35.0 Å². The summed E-state index contributed by atoms with van der Waals surface area (Å²) in [5.41, 5.74) is 7.00. The lowest BCUT2D eigenvalue weighted by Crippen LogP contribution is -2.34. The number of anilines is 1. The normalized spacial score (nSPS) is 15.3. The Morgan fingerprint density at radius 2 is 1.75 bits per heavy atom. The third kappa shape index (κ3) is 4.64. The zero-order valence-corrected chi connectivity index (χ0v) is 22.6. The number of aliphatic hydroxyl groups is 1. The molecule has 2 aromatic heterocycles. The van der Waals surface area contributed by atoms with Crippen molar-refractivity contribution in [2.45, 2.75) is 59.3 Å². The molecule has 0 spiro atoms. The van der Waals surface area contributed by atoms with E-state index in [-0.39, 0.29) is 0 Å². The predicted molar refractivity (Wildman–Crippen MR) is 141 cm³/mol. The van der Waals surface area contributed by atoms with Crippen LogP contribution in [0.3, 0.4) is 0 Å². The van der Waals surface area contributed by atoms with Crippen molar-refractivity contribution in [3.8, 4) is 5.69 Å². The first kappa shape index (κ1) is 23.8. The van der Waals surface area contributed by atoms with Crippen molar-refractivity contribution in [1.82, 2.24) is 9.55 Å². The average Bonchev–Trinajstić information content (AvgIpc) is 3.07. The molecule has 1 aliphatic heterocycles. The molecule has 0 bridgehead atoms. The standard InChI is InChI=1S/C26H33Br2N3O/c1-16(2)20-13-21(27)25(22(28)14-20)31-15-17(3)24-23(12-18(4)29-26(24)31)30-9-7-19(8-10-30)6-5-11-32/h12-16,19,32H,5-11H2,1-4H3. The van der Waals surface area contributed by atoms with Gasteiger partial charge in [-0.05, 0) is 113 Å². The van der Waals surface area contributed by atoms with Gasteiger partial charge in [0.05, 0.1) is 5.69 Å². The fourth-order valence-electron chi connectivity index (χ4n) is 4.92. The number of aliphatic hydroxyl groups excluding tert-OH is 1. The monoisotopic (exact) mass is 561 g/mol. The highest BCUT2D eigenvalue weighted by molar-refractivity contribution is 9.11. The molecule has 6 heteroatoms. The van der Waals surface area contributed by atoms with Gasteiger partial charge in [0.2, 0.25) is 0 Å². The number of piperidine rings is 1. The minimum absolute atomic E-state index is 0.306. The number of benzene rings is 1. The van der Waals surface area contributed by atoms with E-state index in [9.17, 15) is 0 Å². The highest BCUT2D eigenvalue weighted by Crippen LogP contribution is 2.39. The molecule has 0 unspecified atom stereocenters. The van der Waals surface area contributed by atoms with Gasteiger partial charge in [0.15, 0.2) is 0 Å². The van der Waals surface area contributed by atoms with Crippen LogP contribution in [0.4, 0.5) is 5.69 Å². The van der Waals surface area contributed by atoms with Gasteiger partial charge in [-0.2, -0.15) is 0 Å². The predicted octanol–water partition coefficient (Wildman–Crippen LogP) is 7.28. The van der Waals surface area contributed by atoms with Gasteiger partial charge >= 0.3 is 0 Å². The molecule has 32 heavy (non-hydrogen) atoms. The molecule has 3 heterocycles. The van der Waals surface area contributed by atoms with Crippen molar-refractivity contribution in [2.24, 2.45) is 5.92 Å². The lowest BCUT2D eigenvalue weighted by atomic mass is 9.92. The number of fused-ring (bicyclic) bond motifs is 1. The Bertz CT molecular complexity index is 1090. The third-order valence-electron chi connectivity index (χ3n) is 6.73. The number of aromatic nitrogens is 2. The quantitative estimate of drug-likeness (QED) is 0.343. The first-order chi connectivity index (χ1) is 15.3. The highest BCUT2D eigenvalue weighted by atomic mass is 79.9. The van der Waals surface area contributed by atoms with E-state index in [4.69, 9.17) is 10.1 Å². The second-order valence-corrected chi connectivity index (χ2v) is 11.2. The number of nitrogens with zero attached hydrogens (tertiary/aromatic N) is 3. The number of aryl methyl sites for hydroxylation is 2. The number of hydrogen-bond donors (Lipinski definition) is 1. The van der Waals surface area contributed by atoms with Crippen molar-refractivity contribution >= 4 is 48.6 Å². The van der Waals surface area contributed by atoms with E-state index >= 15 is 0 Å². The summed E-state index contributed by atoms with van der Waals surface area (Å²) in [4.78, 5) is 7.53. The van der Waals surface area contributed by atoms with Crippen LogP contribution < -0.4 is 4.90 Å².